The first kappa shape index (κ1) is 12.8. The second-order valence-electron chi connectivity index (χ2n) is 5.81. The molecule has 1 heterocycles. The molecular weight excluding hydrogens is 240 g/mol. The number of phenolic OH excluding ortho intramolecular Hbond substituents is 2. The predicted molar refractivity (Wildman–Crippen MR) is 74.3 cm³/mol. The van der Waals surface area contributed by atoms with Gasteiger partial charge in [0.15, 0.2) is 0 Å². The fraction of sp³-hybridized carbons (Fsp3) is 0.600. The van der Waals surface area contributed by atoms with Gasteiger partial charge in [-0.1, -0.05) is 6.07 Å². The molecule has 0 spiro atoms. The van der Waals surface area contributed by atoms with E-state index in [0.717, 1.165) is 19.0 Å². The van der Waals surface area contributed by atoms with Crippen molar-refractivity contribution in [2.24, 2.45) is 0 Å². The van der Waals surface area contributed by atoms with Gasteiger partial charge in [0.05, 0.1) is 5.56 Å². The minimum absolute atomic E-state index is 0.0367. The van der Waals surface area contributed by atoms with Gasteiger partial charge in [-0.15, -0.1) is 0 Å². The van der Waals surface area contributed by atoms with Crippen LogP contribution in [0.2, 0.25) is 0 Å². The van der Waals surface area contributed by atoms with Crippen LogP contribution < -0.4 is 5.32 Å². The molecular formula is C15H22N2O2. The SMILES string of the molecule is CC(NC1CCN(C2CC2)C1)c1c(O)cccc1O. The Labute approximate surface area is 114 Å². The number of nitrogens with zero attached hydrogens (tertiary/aromatic N) is 1. The molecule has 3 N–H and O–H groups in total. The van der Waals surface area contributed by atoms with Crippen LogP contribution in [0.4, 0.5) is 0 Å². The predicted octanol–water partition coefficient (Wildman–Crippen LogP) is 1.99. The van der Waals surface area contributed by atoms with Crippen LogP contribution in [-0.4, -0.2) is 40.3 Å². The minimum Gasteiger partial charge on any atom is -0.507 e. The third-order valence-electron chi connectivity index (χ3n) is 4.26. The van der Waals surface area contributed by atoms with E-state index in [1.807, 2.05) is 6.92 Å². The van der Waals surface area contributed by atoms with Crippen molar-refractivity contribution in [3.8, 4) is 11.5 Å². The Kier molecular flexibility index (Phi) is 3.37. The number of rotatable bonds is 4. The Morgan fingerprint density at radius 3 is 2.53 bits per heavy atom. The van der Waals surface area contributed by atoms with Crippen LogP contribution in [0.3, 0.4) is 0 Å². The zero-order chi connectivity index (χ0) is 13.4. The van der Waals surface area contributed by atoms with E-state index < -0.39 is 0 Å². The van der Waals surface area contributed by atoms with Gasteiger partial charge in [0.2, 0.25) is 0 Å². The van der Waals surface area contributed by atoms with Crippen LogP contribution in [0.1, 0.15) is 37.8 Å². The average Bonchev–Trinajstić information content (AvgIpc) is 3.10. The molecule has 4 nitrogen and oxygen atoms in total. The Morgan fingerprint density at radius 2 is 1.89 bits per heavy atom. The van der Waals surface area contributed by atoms with Crippen LogP contribution in [0, 0.1) is 0 Å². The van der Waals surface area contributed by atoms with E-state index in [-0.39, 0.29) is 17.5 Å². The molecule has 0 amide bonds. The molecule has 4 heteroatoms. The molecule has 1 aliphatic carbocycles. The lowest BCUT2D eigenvalue weighted by Crippen LogP contribution is -2.35. The highest BCUT2D eigenvalue weighted by atomic mass is 16.3. The van der Waals surface area contributed by atoms with Crippen molar-refractivity contribution < 1.29 is 10.2 Å². The van der Waals surface area contributed by atoms with Crippen molar-refractivity contribution >= 4 is 0 Å². The van der Waals surface area contributed by atoms with Crippen molar-refractivity contribution in [1.82, 2.24) is 10.2 Å². The lowest BCUT2D eigenvalue weighted by Gasteiger charge is -2.22. The van der Waals surface area contributed by atoms with Crippen LogP contribution in [0.15, 0.2) is 18.2 Å². The Balaban J connectivity index is 1.63. The number of hydrogen-bond acceptors (Lipinski definition) is 4. The van der Waals surface area contributed by atoms with Gasteiger partial charge in [0.25, 0.3) is 0 Å². The maximum Gasteiger partial charge on any atom is 0.124 e. The van der Waals surface area contributed by atoms with Crippen molar-refractivity contribution in [1.29, 1.82) is 0 Å². The topological polar surface area (TPSA) is 55.7 Å². The third-order valence-corrected chi connectivity index (χ3v) is 4.26. The maximum atomic E-state index is 9.88. The molecule has 0 aromatic heterocycles. The summed E-state index contributed by atoms with van der Waals surface area (Å²) < 4.78 is 0. The molecule has 1 saturated carbocycles. The summed E-state index contributed by atoms with van der Waals surface area (Å²) in [5.74, 6) is 0.328. The van der Waals surface area contributed by atoms with Crippen molar-refractivity contribution in [3.05, 3.63) is 23.8 Å². The van der Waals surface area contributed by atoms with Crippen LogP contribution in [-0.2, 0) is 0 Å². The maximum absolute atomic E-state index is 9.88. The van der Waals surface area contributed by atoms with Gasteiger partial charge in [0, 0.05) is 31.2 Å². The number of nitrogens with one attached hydrogen (secondary N) is 1. The van der Waals surface area contributed by atoms with Gasteiger partial charge < -0.3 is 15.5 Å². The summed E-state index contributed by atoms with van der Waals surface area (Å²) in [7, 11) is 0. The van der Waals surface area contributed by atoms with Crippen molar-refractivity contribution in [2.45, 2.75) is 44.3 Å². The summed E-state index contributed by atoms with van der Waals surface area (Å²) in [4.78, 5) is 2.55. The number of hydrogen-bond donors (Lipinski definition) is 3. The van der Waals surface area contributed by atoms with Crippen molar-refractivity contribution in [3.63, 3.8) is 0 Å². The first-order chi connectivity index (χ1) is 9.15. The van der Waals surface area contributed by atoms with Gasteiger partial charge in [-0.05, 0) is 38.3 Å². The number of aromatic hydroxyl groups is 2. The van der Waals surface area contributed by atoms with Gasteiger partial charge in [0.1, 0.15) is 11.5 Å². The van der Waals surface area contributed by atoms with E-state index in [2.05, 4.69) is 10.2 Å². The molecule has 1 saturated heterocycles. The largest absolute Gasteiger partial charge is 0.507 e. The number of likely N-dealkylation sites (tertiary alicyclic amines) is 1. The first-order valence-electron chi connectivity index (χ1n) is 7.16. The molecule has 2 fully saturated rings. The summed E-state index contributed by atoms with van der Waals surface area (Å²) in [6.45, 7) is 4.25. The van der Waals surface area contributed by atoms with Gasteiger partial charge in [-0.2, -0.15) is 0 Å². The monoisotopic (exact) mass is 262 g/mol. The lowest BCUT2D eigenvalue weighted by atomic mass is 10.0. The van der Waals surface area contributed by atoms with Crippen molar-refractivity contribution in [2.75, 3.05) is 13.1 Å². The quantitative estimate of drug-likeness (QED) is 0.776. The smallest absolute Gasteiger partial charge is 0.124 e. The number of phenols is 2. The fourth-order valence-electron chi connectivity index (χ4n) is 3.12. The van der Waals surface area contributed by atoms with Crippen LogP contribution >= 0.6 is 0 Å². The third kappa shape index (κ3) is 2.69. The molecule has 2 unspecified atom stereocenters. The van der Waals surface area contributed by atoms with Gasteiger partial charge >= 0.3 is 0 Å². The number of benzene rings is 1. The van der Waals surface area contributed by atoms with Gasteiger partial charge in [-0.3, -0.25) is 4.90 Å². The lowest BCUT2D eigenvalue weighted by molar-refractivity contribution is 0.312. The summed E-state index contributed by atoms with van der Waals surface area (Å²) in [6.07, 6.45) is 3.85. The molecule has 19 heavy (non-hydrogen) atoms. The molecule has 2 atom stereocenters. The molecule has 3 rings (SSSR count). The van der Waals surface area contributed by atoms with Crippen LogP contribution in [0.5, 0.6) is 11.5 Å². The standard InChI is InChI=1S/C15H22N2O2/c1-10(15-13(18)3-2-4-14(15)19)16-11-7-8-17(9-11)12-5-6-12/h2-4,10-12,16,18-19H,5-9H2,1H3. The zero-order valence-corrected chi connectivity index (χ0v) is 11.3. The highest BCUT2D eigenvalue weighted by Crippen LogP contribution is 2.34. The molecule has 0 radical (unpaired) electrons. The first-order valence-corrected chi connectivity index (χ1v) is 7.16. The second kappa shape index (κ2) is 5.02. The van der Waals surface area contributed by atoms with E-state index in [1.165, 1.54) is 19.4 Å². The summed E-state index contributed by atoms with van der Waals surface area (Å²) in [5.41, 5.74) is 0.604. The molecule has 2 aliphatic rings. The van der Waals surface area contributed by atoms with E-state index >= 15 is 0 Å². The van der Waals surface area contributed by atoms with E-state index in [1.54, 1.807) is 18.2 Å². The van der Waals surface area contributed by atoms with E-state index in [4.69, 9.17) is 0 Å². The molecule has 1 aromatic rings. The molecule has 1 aromatic carbocycles. The highest BCUT2D eigenvalue weighted by molar-refractivity contribution is 5.44. The normalized spacial score (nSPS) is 25.6. The van der Waals surface area contributed by atoms with Gasteiger partial charge in [-0.25, -0.2) is 0 Å². The average molecular weight is 262 g/mol. The minimum atomic E-state index is -0.0367. The summed E-state index contributed by atoms with van der Waals surface area (Å²) in [5, 5.41) is 23.3. The van der Waals surface area contributed by atoms with Crippen LogP contribution in [0.25, 0.3) is 0 Å². The molecule has 0 bridgehead atoms. The zero-order valence-electron chi connectivity index (χ0n) is 11.3. The molecule has 1 aliphatic heterocycles. The summed E-state index contributed by atoms with van der Waals surface area (Å²) >= 11 is 0. The van der Waals surface area contributed by atoms with E-state index in [9.17, 15) is 10.2 Å². The Morgan fingerprint density at radius 1 is 1.21 bits per heavy atom. The molecule has 104 valence electrons. The Hall–Kier alpha value is -1.26. The second-order valence-corrected chi connectivity index (χ2v) is 5.81. The fourth-order valence-corrected chi connectivity index (χ4v) is 3.12. The Bertz CT molecular complexity index is 439. The summed E-state index contributed by atoms with van der Waals surface area (Å²) in [6, 6.07) is 6.14. The highest BCUT2D eigenvalue weighted by Gasteiger charge is 2.34. The van der Waals surface area contributed by atoms with E-state index in [0.29, 0.717) is 11.6 Å².